The summed E-state index contributed by atoms with van der Waals surface area (Å²) in [5.41, 5.74) is 0. The Morgan fingerprint density at radius 3 is 2.50 bits per heavy atom. The smallest absolute Gasteiger partial charge is 0.281 e. The highest BCUT2D eigenvalue weighted by atomic mass is 32.2. The molecule has 0 aromatic rings. The lowest BCUT2D eigenvalue weighted by Gasteiger charge is -2.31. The molecule has 8 heteroatoms. The van der Waals surface area contributed by atoms with Crippen molar-refractivity contribution in [2.45, 2.75) is 6.92 Å². The molecule has 0 aliphatic carbocycles. The van der Waals surface area contributed by atoms with E-state index >= 15 is 0 Å². The van der Waals surface area contributed by atoms with Crippen LogP contribution in [0.25, 0.3) is 0 Å². The lowest BCUT2D eigenvalue weighted by molar-refractivity contribution is -0.124. The van der Waals surface area contributed by atoms with E-state index in [2.05, 4.69) is 10.6 Å². The van der Waals surface area contributed by atoms with Crippen LogP contribution in [0.3, 0.4) is 0 Å². The molecule has 18 heavy (non-hydrogen) atoms. The second kappa shape index (κ2) is 6.46. The van der Waals surface area contributed by atoms with Crippen molar-refractivity contribution in [3.05, 3.63) is 0 Å². The van der Waals surface area contributed by atoms with Gasteiger partial charge in [-0.15, -0.1) is 0 Å². The average molecular weight is 278 g/mol. The minimum absolute atomic E-state index is 0.155. The zero-order valence-electron chi connectivity index (χ0n) is 11.1. The fraction of sp³-hybridized carbons (Fsp3) is 0.900. The van der Waals surface area contributed by atoms with Crippen molar-refractivity contribution in [1.82, 2.24) is 19.2 Å². The summed E-state index contributed by atoms with van der Waals surface area (Å²) < 4.78 is 27.1. The lowest BCUT2D eigenvalue weighted by atomic mass is 10.2. The molecule has 1 heterocycles. The van der Waals surface area contributed by atoms with E-state index in [-0.39, 0.29) is 18.4 Å². The number of carbonyl (C=O) groups is 1. The summed E-state index contributed by atoms with van der Waals surface area (Å²) in [6.07, 6.45) is 0. The minimum Gasteiger partial charge on any atom is -0.359 e. The van der Waals surface area contributed by atoms with Crippen molar-refractivity contribution in [1.29, 1.82) is 0 Å². The Morgan fingerprint density at radius 1 is 1.44 bits per heavy atom. The molecule has 0 aromatic carbocycles. The summed E-state index contributed by atoms with van der Waals surface area (Å²) >= 11 is 0. The van der Waals surface area contributed by atoms with Crippen molar-refractivity contribution in [2.24, 2.45) is 5.92 Å². The molecule has 0 aromatic heterocycles. The second-order valence-electron chi connectivity index (χ2n) is 4.45. The van der Waals surface area contributed by atoms with Gasteiger partial charge in [-0.2, -0.15) is 17.0 Å². The van der Waals surface area contributed by atoms with Crippen LogP contribution >= 0.6 is 0 Å². The van der Waals surface area contributed by atoms with Gasteiger partial charge in [0.15, 0.2) is 0 Å². The molecular weight excluding hydrogens is 256 g/mol. The second-order valence-corrected chi connectivity index (χ2v) is 6.49. The summed E-state index contributed by atoms with van der Waals surface area (Å²) in [6, 6.07) is 0. The maximum Gasteiger partial charge on any atom is 0.281 e. The van der Waals surface area contributed by atoms with Crippen molar-refractivity contribution in [2.75, 3.05) is 46.8 Å². The molecule has 1 atom stereocenters. The molecule has 1 aliphatic heterocycles. The molecule has 1 unspecified atom stereocenters. The molecule has 1 saturated heterocycles. The summed E-state index contributed by atoms with van der Waals surface area (Å²) in [5.74, 6) is -0.518. The van der Waals surface area contributed by atoms with Crippen molar-refractivity contribution >= 4 is 16.1 Å². The van der Waals surface area contributed by atoms with E-state index in [4.69, 9.17) is 0 Å². The monoisotopic (exact) mass is 278 g/mol. The quantitative estimate of drug-likeness (QED) is 0.638. The summed E-state index contributed by atoms with van der Waals surface area (Å²) in [7, 11) is -0.396. The molecule has 2 N–H and O–H groups in total. The van der Waals surface area contributed by atoms with E-state index in [1.165, 1.54) is 15.7 Å². The van der Waals surface area contributed by atoms with Crippen LogP contribution in [-0.4, -0.2) is 69.8 Å². The van der Waals surface area contributed by atoms with E-state index in [1.807, 2.05) is 0 Å². The average Bonchev–Trinajstić information content (AvgIpc) is 2.38. The summed E-state index contributed by atoms with van der Waals surface area (Å²) in [6.45, 7) is 4.17. The highest BCUT2D eigenvalue weighted by molar-refractivity contribution is 7.86. The number of hydrogen-bond donors (Lipinski definition) is 2. The Bertz CT molecular complexity index is 379. The summed E-state index contributed by atoms with van der Waals surface area (Å²) in [4.78, 5) is 11.4. The number of amides is 1. The number of nitrogens with zero attached hydrogens (tertiary/aromatic N) is 2. The van der Waals surface area contributed by atoms with Gasteiger partial charge < -0.3 is 10.6 Å². The highest BCUT2D eigenvalue weighted by Gasteiger charge is 2.29. The van der Waals surface area contributed by atoms with Gasteiger partial charge in [0, 0.05) is 52.7 Å². The van der Waals surface area contributed by atoms with Gasteiger partial charge in [0.1, 0.15) is 0 Å². The first-order valence-corrected chi connectivity index (χ1v) is 7.43. The van der Waals surface area contributed by atoms with Crippen molar-refractivity contribution < 1.29 is 13.2 Å². The van der Waals surface area contributed by atoms with E-state index in [1.54, 1.807) is 14.0 Å². The third-order valence-corrected chi connectivity index (χ3v) is 4.98. The molecule has 1 fully saturated rings. The molecule has 1 rings (SSSR count). The predicted molar refractivity (Wildman–Crippen MR) is 69.2 cm³/mol. The van der Waals surface area contributed by atoms with Gasteiger partial charge >= 0.3 is 0 Å². The number of piperazine rings is 1. The van der Waals surface area contributed by atoms with Gasteiger partial charge in [0.2, 0.25) is 5.91 Å². The first kappa shape index (κ1) is 15.4. The molecular formula is C10H22N4O3S. The van der Waals surface area contributed by atoms with Crippen LogP contribution in [0, 0.1) is 5.92 Å². The van der Waals surface area contributed by atoms with E-state index in [9.17, 15) is 13.2 Å². The first-order valence-electron chi connectivity index (χ1n) is 6.03. The molecule has 0 bridgehead atoms. The zero-order valence-corrected chi connectivity index (χ0v) is 12.0. The fourth-order valence-electron chi connectivity index (χ4n) is 1.88. The van der Waals surface area contributed by atoms with Crippen LogP contribution < -0.4 is 10.6 Å². The highest BCUT2D eigenvalue weighted by Crippen LogP contribution is 2.10. The van der Waals surface area contributed by atoms with Crippen LogP contribution in [0.5, 0.6) is 0 Å². The molecule has 0 saturated carbocycles. The van der Waals surface area contributed by atoms with Gasteiger partial charge in [-0.05, 0) is 0 Å². The maximum absolute atomic E-state index is 12.2. The molecule has 1 amide bonds. The first-order chi connectivity index (χ1) is 8.39. The molecule has 0 radical (unpaired) electrons. The Balaban J connectivity index is 2.63. The van der Waals surface area contributed by atoms with Crippen LogP contribution in [0.15, 0.2) is 0 Å². The van der Waals surface area contributed by atoms with E-state index < -0.39 is 10.2 Å². The van der Waals surface area contributed by atoms with Crippen molar-refractivity contribution in [3.8, 4) is 0 Å². The standard InChI is InChI=1S/C10H22N4O3S/c1-9(10(15)11-2)8-13(3)18(16,17)14-6-4-12-5-7-14/h9,12H,4-8H2,1-3H3,(H,11,15). The number of hydrogen-bond acceptors (Lipinski definition) is 4. The lowest BCUT2D eigenvalue weighted by Crippen LogP contribution is -2.52. The van der Waals surface area contributed by atoms with Crippen LogP contribution in [0.4, 0.5) is 0 Å². The Kier molecular flexibility index (Phi) is 5.51. The van der Waals surface area contributed by atoms with Gasteiger partial charge in [0.05, 0.1) is 0 Å². The maximum atomic E-state index is 12.2. The van der Waals surface area contributed by atoms with Gasteiger partial charge in [-0.25, -0.2) is 0 Å². The Labute approximate surface area is 109 Å². The Morgan fingerprint density at radius 2 is 2.00 bits per heavy atom. The molecule has 0 spiro atoms. The van der Waals surface area contributed by atoms with Gasteiger partial charge in [-0.3, -0.25) is 4.79 Å². The Hall–Kier alpha value is -0.700. The summed E-state index contributed by atoms with van der Waals surface area (Å²) in [5, 5.41) is 5.62. The zero-order chi connectivity index (χ0) is 13.8. The van der Waals surface area contributed by atoms with Gasteiger partial charge in [-0.1, -0.05) is 6.92 Å². The number of rotatable bonds is 5. The predicted octanol–water partition coefficient (Wildman–Crippen LogP) is -1.55. The SMILES string of the molecule is CNC(=O)C(C)CN(C)S(=O)(=O)N1CCNCC1. The largest absolute Gasteiger partial charge is 0.359 e. The van der Waals surface area contributed by atoms with E-state index in [0.717, 1.165) is 0 Å². The number of carbonyl (C=O) groups excluding carboxylic acids is 1. The van der Waals surface area contributed by atoms with Crippen LogP contribution in [0.1, 0.15) is 6.92 Å². The van der Waals surface area contributed by atoms with E-state index in [0.29, 0.717) is 26.2 Å². The fourth-order valence-corrected chi connectivity index (χ4v) is 3.33. The topological polar surface area (TPSA) is 81.8 Å². The van der Waals surface area contributed by atoms with Gasteiger partial charge in [0.25, 0.3) is 10.2 Å². The minimum atomic E-state index is -3.45. The molecule has 7 nitrogen and oxygen atoms in total. The normalized spacial score (nSPS) is 19.8. The molecule has 1 aliphatic rings. The van der Waals surface area contributed by atoms with Crippen molar-refractivity contribution in [3.63, 3.8) is 0 Å². The number of nitrogens with one attached hydrogen (secondary N) is 2. The van der Waals surface area contributed by atoms with Crippen LogP contribution in [-0.2, 0) is 15.0 Å². The van der Waals surface area contributed by atoms with Crippen LogP contribution in [0.2, 0.25) is 0 Å². The molecule has 106 valence electrons. The third kappa shape index (κ3) is 3.64. The third-order valence-electron chi connectivity index (χ3n) is 3.02.